The van der Waals surface area contributed by atoms with Gasteiger partial charge in [-0.15, -0.1) is 0 Å². The van der Waals surface area contributed by atoms with Gasteiger partial charge >= 0.3 is 11.9 Å². The molecule has 0 unspecified atom stereocenters. The largest absolute Gasteiger partial charge is 0.461 e. The minimum absolute atomic E-state index is 0.0726. The Morgan fingerprint density at radius 3 is 2.82 bits per heavy atom. The van der Waals surface area contributed by atoms with Crippen LogP contribution in [0.5, 0.6) is 0 Å². The number of para-hydroxylation sites is 1. The highest BCUT2D eigenvalue weighted by Gasteiger charge is 2.44. The van der Waals surface area contributed by atoms with Gasteiger partial charge in [-0.1, -0.05) is 18.2 Å². The maximum absolute atomic E-state index is 13.8. The number of halogens is 2. The van der Waals surface area contributed by atoms with Crippen molar-refractivity contribution in [1.29, 1.82) is 0 Å². The van der Waals surface area contributed by atoms with Gasteiger partial charge in [-0.2, -0.15) is 8.78 Å². The Labute approximate surface area is 96.4 Å². The van der Waals surface area contributed by atoms with Crippen LogP contribution in [0.2, 0.25) is 0 Å². The average molecular weight is 239 g/mol. The summed E-state index contributed by atoms with van der Waals surface area (Å²) >= 11 is 0. The third kappa shape index (κ3) is 1.88. The molecule has 0 amide bonds. The third-order valence-electron chi connectivity index (χ3n) is 2.46. The van der Waals surface area contributed by atoms with Gasteiger partial charge in [0.1, 0.15) is 0 Å². The molecule has 1 aromatic heterocycles. The van der Waals surface area contributed by atoms with Crippen LogP contribution in [-0.4, -0.2) is 17.6 Å². The second-order valence-electron chi connectivity index (χ2n) is 3.54. The molecule has 3 nitrogen and oxygen atoms in total. The number of esters is 1. The number of aromatic amines is 1. The predicted molar refractivity (Wildman–Crippen MR) is 58.8 cm³/mol. The van der Waals surface area contributed by atoms with Crippen LogP contribution >= 0.6 is 0 Å². The van der Waals surface area contributed by atoms with Crippen molar-refractivity contribution in [2.75, 3.05) is 6.61 Å². The minimum Gasteiger partial charge on any atom is -0.461 e. The van der Waals surface area contributed by atoms with E-state index in [2.05, 4.69) is 9.72 Å². The van der Waals surface area contributed by atoms with Crippen LogP contribution in [0, 0.1) is 0 Å². The lowest BCUT2D eigenvalue weighted by molar-refractivity contribution is -0.172. The lowest BCUT2D eigenvalue weighted by atomic mass is 10.1. The molecule has 0 fully saturated rings. The fraction of sp³-hybridized carbons (Fsp3) is 0.250. The minimum atomic E-state index is -3.63. The van der Waals surface area contributed by atoms with Crippen LogP contribution in [0.15, 0.2) is 30.5 Å². The molecule has 17 heavy (non-hydrogen) atoms. The molecule has 0 aliphatic carbocycles. The monoisotopic (exact) mass is 239 g/mol. The maximum Gasteiger partial charge on any atom is 0.382 e. The van der Waals surface area contributed by atoms with Gasteiger partial charge in [0.2, 0.25) is 0 Å². The highest BCUT2D eigenvalue weighted by atomic mass is 19.3. The van der Waals surface area contributed by atoms with Crippen molar-refractivity contribution in [3.8, 4) is 0 Å². The Balaban J connectivity index is 2.48. The van der Waals surface area contributed by atoms with Crippen molar-refractivity contribution in [3.05, 3.63) is 36.0 Å². The van der Waals surface area contributed by atoms with E-state index >= 15 is 0 Å². The van der Waals surface area contributed by atoms with E-state index in [-0.39, 0.29) is 12.2 Å². The van der Waals surface area contributed by atoms with Gasteiger partial charge in [0.25, 0.3) is 0 Å². The van der Waals surface area contributed by atoms with Crippen LogP contribution < -0.4 is 0 Å². The standard InChI is InChI=1S/C12H11F2NO2/c1-2-17-11(16)12(13,14)9-7-15-10-6-4-3-5-8(9)10/h3-7,15H,2H2,1H3. The predicted octanol–water partition coefficient (Wildman–Crippen LogP) is 2.82. The molecule has 1 N–H and O–H groups in total. The zero-order chi connectivity index (χ0) is 12.5. The normalized spacial score (nSPS) is 11.7. The summed E-state index contributed by atoms with van der Waals surface area (Å²) in [5.74, 6) is -5.15. The van der Waals surface area contributed by atoms with E-state index in [1.54, 1.807) is 18.2 Å². The van der Waals surface area contributed by atoms with E-state index in [1.807, 2.05) is 0 Å². The molecule has 0 bridgehead atoms. The summed E-state index contributed by atoms with van der Waals surface area (Å²) in [6.45, 7) is 1.42. The smallest absolute Gasteiger partial charge is 0.382 e. The van der Waals surface area contributed by atoms with E-state index < -0.39 is 11.9 Å². The lowest BCUT2D eigenvalue weighted by Gasteiger charge is -2.13. The van der Waals surface area contributed by atoms with Crippen LogP contribution in [0.1, 0.15) is 12.5 Å². The van der Waals surface area contributed by atoms with Crippen molar-refractivity contribution in [1.82, 2.24) is 4.98 Å². The number of hydrogen-bond donors (Lipinski definition) is 1. The zero-order valence-electron chi connectivity index (χ0n) is 9.17. The summed E-state index contributed by atoms with van der Waals surface area (Å²) in [6, 6.07) is 6.57. The fourth-order valence-electron chi connectivity index (χ4n) is 1.66. The number of H-pyrrole nitrogens is 1. The summed E-state index contributed by atoms with van der Waals surface area (Å²) in [6.07, 6.45) is 1.14. The molecule has 0 atom stereocenters. The second-order valence-corrected chi connectivity index (χ2v) is 3.54. The molecule has 90 valence electrons. The molecule has 0 spiro atoms. The van der Waals surface area contributed by atoms with Crippen molar-refractivity contribution in [2.24, 2.45) is 0 Å². The molecule has 5 heteroatoms. The summed E-state index contributed by atoms with van der Waals surface area (Å²) in [5.41, 5.74) is 0.207. The van der Waals surface area contributed by atoms with Crippen molar-refractivity contribution >= 4 is 16.9 Å². The van der Waals surface area contributed by atoms with Crippen LogP contribution in [0.25, 0.3) is 10.9 Å². The SMILES string of the molecule is CCOC(=O)C(F)(F)c1c[nH]c2ccccc12. The molecular weight excluding hydrogens is 228 g/mol. The summed E-state index contributed by atoms with van der Waals surface area (Å²) in [7, 11) is 0. The van der Waals surface area contributed by atoms with Gasteiger partial charge in [-0.05, 0) is 13.0 Å². The number of rotatable bonds is 3. The van der Waals surface area contributed by atoms with Gasteiger partial charge in [0.05, 0.1) is 12.2 Å². The molecule has 2 aromatic rings. The number of nitrogens with one attached hydrogen (secondary N) is 1. The number of carbonyl (C=O) groups excluding carboxylic acids is 1. The van der Waals surface area contributed by atoms with Crippen LogP contribution in [0.3, 0.4) is 0 Å². The van der Waals surface area contributed by atoms with Gasteiger partial charge in [-0.3, -0.25) is 0 Å². The molecular formula is C12H11F2NO2. The summed E-state index contributed by atoms with van der Waals surface area (Å²) in [4.78, 5) is 13.9. The van der Waals surface area contributed by atoms with Crippen LogP contribution in [0.4, 0.5) is 8.78 Å². The quantitative estimate of drug-likeness (QED) is 0.837. The highest BCUT2D eigenvalue weighted by Crippen LogP contribution is 2.34. The third-order valence-corrected chi connectivity index (χ3v) is 2.46. The number of alkyl halides is 2. The Hall–Kier alpha value is -1.91. The molecule has 0 saturated heterocycles. The molecule has 0 saturated carbocycles. The number of ether oxygens (including phenoxy) is 1. The van der Waals surface area contributed by atoms with Gasteiger partial charge in [0, 0.05) is 17.1 Å². The topological polar surface area (TPSA) is 42.1 Å². The molecule has 2 rings (SSSR count). The van der Waals surface area contributed by atoms with Crippen LogP contribution in [-0.2, 0) is 15.5 Å². The van der Waals surface area contributed by atoms with Crippen molar-refractivity contribution < 1.29 is 18.3 Å². The summed E-state index contributed by atoms with van der Waals surface area (Å²) in [5, 5.41) is 0.325. The first-order valence-corrected chi connectivity index (χ1v) is 5.19. The number of benzene rings is 1. The van der Waals surface area contributed by atoms with Gasteiger partial charge in [0.15, 0.2) is 0 Å². The van der Waals surface area contributed by atoms with Crippen molar-refractivity contribution in [3.63, 3.8) is 0 Å². The fourth-order valence-corrected chi connectivity index (χ4v) is 1.66. The van der Waals surface area contributed by atoms with E-state index in [0.717, 1.165) is 6.20 Å². The maximum atomic E-state index is 13.8. The Morgan fingerprint density at radius 2 is 2.12 bits per heavy atom. The van der Waals surface area contributed by atoms with Crippen molar-refractivity contribution in [2.45, 2.75) is 12.8 Å². The van der Waals surface area contributed by atoms with E-state index in [4.69, 9.17) is 0 Å². The van der Waals surface area contributed by atoms with E-state index in [1.165, 1.54) is 13.0 Å². The van der Waals surface area contributed by atoms with E-state index in [0.29, 0.717) is 10.9 Å². The molecule has 0 aliphatic rings. The second kappa shape index (κ2) is 4.16. The molecule has 1 heterocycles. The number of hydrogen-bond acceptors (Lipinski definition) is 2. The average Bonchev–Trinajstić information content (AvgIpc) is 2.73. The lowest BCUT2D eigenvalue weighted by Crippen LogP contribution is -2.28. The first-order chi connectivity index (χ1) is 8.07. The zero-order valence-corrected chi connectivity index (χ0v) is 9.17. The Kier molecular flexibility index (Phi) is 2.83. The summed E-state index contributed by atoms with van der Waals surface area (Å²) < 4.78 is 32.0. The Morgan fingerprint density at radius 1 is 1.41 bits per heavy atom. The van der Waals surface area contributed by atoms with Gasteiger partial charge in [-0.25, -0.2) is 4.79 Å². The first-order valence-electron chi connectivity index (χ1n) is 5.19. The molecule has 0 radical (unpaired) electrons. The van der Waals surface area contributed by atoms with E-state index in [9.17, 15) is 13.6 Å². The number of aromatic nitrogens is 1. The first kappa shape index (κ1) is 11.6. The Bertz CT molecular complexity index is 548. The molecule has 1 aromatic carbocycles. The number of fused-ring (bicyclic) bond motifs is 1. The highest BCUT2D eigenvalue weighted by molar-refractivity contribution is 5.90. The molecule has 0 aliphatic heterocycles. The van der Waals surface area contributed by atoms with Gasteiger partial charge < -0.3 is 9.72 Å². The number of carbonyl (C=O) groups is 1.